The van der Waals surface area contributed by atoms with Gasteiger partial charge in [-0.2, -0.15) is 5.10 Å². The number of amides is 1. The third-order valence-electron chi connectivity index (χ3n) is 3.89. The van der Waals surface area contributed by atoms with Crippen LogP contribution in [-0.4, -0.2) is 26.6 Å². The Morgan fingerprint density at radius 2 is 1.78 bits per heavy atom. The number of para-hydroxylation sites is 1. The molecule has 2 heterocycles. The first-order valence-corrected chi connectivity index (χ1v) is 8.71. The lowest BCUT2D eigenvalue weighted by Gasteiger charge is -2.11. The van der Waals surface area contributed by atoms with Crippen molar-refractivity contribution in [1.82, 2.24) is 14.8 Å². The number of carbonyl (C=O) groups is 2. The molecule has 0 aliphatic rings. The van der Waals surface area contributed by atoms with Gasteiger partial charge in [0.05, 0.1) is 21.6 Å². The van der Waals surface area contributed by atoms with Gasteiger partial charge in [-0.3, -0.25) is 9.59 Å². The number of thiazole rings is 1. The number of aromatic nitrogens is 3. The predicted octanol–water partition coefficient (Wildman–Crippen LogP) is 1.01. The summed E-state index contributed by atoms with van der Waals surface area (Å²) in [6.07, 6.45) is 0. The number of hydrogen-bond donors (Lipinski definition) is 1. The fourth-order valence-corrected chi connectivity index (χ4v) is 3.60. The maximum absolute atomic E-state index is 12.5. The lowest BCUT2D eigenvalue weighted by Crippen LogP contribution is -2.34. The summed E-state index contributed by atoms with van der Waals surface area (Å²) in [5.74, 6) is -2.06. The highest BCUT2D eigenvalue weighted by molar-refractivity contribution is 7.22. The lowest BCUT2D eigenvalue weighted by molar-refractivity contribution is -0.255. The van der Waals surface area contributed by atoms with E-state index in [2.05, 4.69) is 15.4 Å². The van der Waals surface area contributed by atoms with E-state index in [9.17, 15) is 19.5 Å². The van der Waals surface area contributed by atoms with Gasteiger partial charge in [-0.05, 0) is 18.2 Å². The van der Waals surface area contributed by atoms with E-state index in [1.807, 2.05) is 24.3 Å². The molecule has 1 N–H and O–H groups in total. The minimum Gasteiger partial charge on any atom is -0.543 e. The van der Waals surface area contributed by atoms with E-state index in [0.717, 1.165) is 14.9 Å². The first-order valence-electron chi connectivity index (χ1n) is 7.89. The SMILES string of the molecule is O=C(Cn1nc(C(=O)[O-])c2ccccc2c1=O)Nc1nc2ccccc2s1. The lowest BCUT2D eigenvalue weighted by atomic mass is 10.1. The Kier molecular flexibility index (Phi) is 4.13. The Balaban J connectivity index is 1.66. The van der Waals surface area contributed by atoms with Crippen LogP contribution in [-0.2, 0) is 11.3 Å². The summed E-state index contributed by atoms with van der Waals surface area (Å²) < 4.78 is 1.73. The number of carbonyl (C=O) groups excluding carboxylic acids is 2. The monoisotopic (exact) mass is 379 g/mol. The Morgan fingerprint density at radius 1 is 1.07 bits per heavy atom. The number of carboxylic acids is 1. The van der Waals surface area contributed by atoms with Gasteiger partial charge in [-0.15, -0.1) is 0 Å². The van der Waals surface area contributed by atoms with Crippen LogP contribution >= 0.6 is 11.3 Å². The molecule has 0 fully saturated rings. The molecule has 2 aromatic heterocycles. The largest absolute Gasteiger partial charge is 0.543 e. The number of rotatable bonds is 4. The molecule has 1 amide bonds. The molecule has 0 aliphatic carbocycles. The molecular formula is C18H11N4O4S-. The van der Waals surface area contributed by atoms with Crippen LogP contribution in [0.15, 0.2) is 53.3 Å². The van der Waals surface area contributed by atoms with Crippen LogP contribution in [0.5, 0.6) is 0 Å². The summed E-state index contributed by atoms with van der Waals surface area (Å²) in [5.41, 5.74) is -0.203. The number of nitrogens with one attached hydrogen (secondary N) is 1. The molecule has 9 heteroatoms. The Bertz CT molecular complexity index is 1230. The second-order valence-electron chi connectivity index (χ2n) is 5.68. The molecule has 0 aliphatic heterocycles. The molecule has 0 unspecified atom stereocenters. The second kappa shape index (κ2) is 6.61. The molecule has 27 heavy (non-hydrogen) atoms. The van der Waals surface area contributed by atoms with E-state index in [1.54, 1.807) is 12.1 Å². The van der Waals surface area contributed by atoms with Crippen LogP contribution in [0.4, 0.5) is 5.13 Å². The molecule has 0 saturated heterocycles. The summed E-state index contributed by atoms with van der Waals surface area (Å²) in [6.45, 7) is -0.445. The van der Waals surface area contributed by atoms with Crippen molar-refractivity contribution < 1.29 is 14.7 Å². The quantitative estimate of drug-likeness (QED) is 0.565. The number of carboxylic acid groups (broad SMARTS) is 1. The maximum atomic E-state index is 12.5. The van der Waals surface area contributed by atoms with Crippen molar-refractivity contribution in [3.05, 3.63) is 64.6 Å². The van der Waals surface area contributed by atoms with Gasteiger partial charge in [0, 0.05) is 5.39 Å². The number of fused-ring (bicyclic) bond motifs is 2. The number of anilines is 1. The minimum absolute atomic E-state index is 0.152. The van der Waals surface area contributed by atoms with E-state index < -0.39 is 29.7 Å². The van der Waals surface area contributed by atoms with Crippen molar-refractivity contribution >= 4 is 49.3 Å². The molecule has 134 valence electrons. The van der Waals surface area contributed by atoms with Crippen molar-refractivity contribution in [2.45, 2.75) is 6.54 Å². The smallest absolute Gasteiger partial charge is 0.275 e. The predicted molar refractivity (Wildman–Crippen MR) is 98.6 cm³/mol. The standard InChI is InChI=1S/C18H12N4O4S/c23-14(20-18-19-12-7-3-4-8-13(12)27-18)9-22-16(24)11-6-2-1-5-10(11)15(21-22)17(25)26/h1-8H,9H2,(H,25,26)(H,19,20,23)/p-1. The number of benzene rings is 2. The van der Waals surface area contributed by atoms with Gasteiger partial charge in [0.25, 0.3) is 5.56 Å². The van der Waals surface area contributed by atoms with Gasteiger partial charge < -0.3 is 15.2 Å². The van der Waals surface area contributed by atoms with E-state index in [4.69, 9.17) is 0 Å². The fraction of sp³-hybridized carbons (Fsp3) is 0.0556. The molecule has 4 aromatic rings. The zero-order valence-electron chi connectivity index (χ0n) is 13.7. The molecule has 0 spiro atoms. The maximum Gasteiger partial charge on any atom is 0.275 e. The van der Waals surface area contributed by atoms with Gasteiger partial charge in [0.15, 0.2) is 5.13 Å². The van der Waals surface area contributed by atoms with Crippen molar-refractivity contribution in [3.8, 4) is 0 Å². The Labute approximate surface area is 155 Å². The minimum atomic E-state index is -1.52. The Morgan fingerprint density at radius 3 is 2.52 bits per heavy atom. The fourth-order valence-electron chi connectivity index (χ4n) is 2.71. The molecule has 0 radical (unpaired) electrons. The number of aromatic carboxylic acids is 1. The van der Waals surface area contributed by atoms with Crippen LogP contribution in [0.25, 0.3) is 21.0 Å². The van der Waals surface area contributed by atoms with E-state index in [0.29, 0.717) is 5.13 Å². The number of hydrogen-bond acceptors (Lipinski definition) is 7. The van der Waals surface area contributed by atoms with Crippen molar-refractivity contribution in [2.75, 3.05) is 5.32 Å². The molecule has 2 aromatic carbocycles. The van der Waals surface area contributed by atoms with Crippen LogP contribution < -0.4 is 16.0 Å². The summed E-state index contributed by atoms with van der Waals surface area (Å²) in [7, 11) is 0. The third-order valence-corrected chi connectivity index (χ3v) is 4.85. The van der Waals surface area contributed by atoms with Gasteiger partial charge in [0.1, 0.15) is 12.2 Å². The van der Waals surface area contributed by atoms with E-state index in [1.165, 1.54) is 23.5 Å². The molecular weight excluding hydrogens is 368 g/mol. The van der Waals surface area contributed by atoms with Crippen molar-refractivity contribution in [3.63, 3.8) is 0 Å². The molecule has 8 nitrogen and oxygen atoms in total. The first kappa shape index (κ1) is 16.9. The summed E-state index contributed by atoms with van der Waals surface area (Å²) >= 11 is 1.30. The second-order valence-corrected chi connectivity index (χ2v) is 6.71. The highest BCUT2D eigenvalue weighted by Crippen LogP contribution is 2.25. The highest BCUT2D eigenvalue weighted by Gasteiger charge is 2.14. The zero-order valence-corrected chi connectivity index (χ0v) is 14.5. The molecule has 4 rings (SSSR count). The van der Waals surface area contributed by atoms with E-state index in [-0.39, 0.29) is 10.8 Å². The molecule has 0 atom stereocenters. The summed E-state index contributed by atoms with van der Waals surface area (Å²) in [5, 5.41) is 18.5. The van der Waals surface area contributed by atoms with Crippen LogP contribution in [0, 0.1) is 0 Å². The molecule has 0 saturated carbocycles. The van der Waals surface area contributed by atoms with Gasteiger partial charge in [-0.25, -0.2) is 9.67 Å². The van der Waals surface area contributed by atoms with Crippen LogP contribution in [0.3, 0.4) is 0 Å². The van der Waals surface area contributed by atoms with Crippen molar-refractivity contribution in [2.24, 2.45) is 0 Å². The topological polar surface area (TPSA) is 117 Å². The van der Waals surface area contributed by atoms with Gasteiger partial charge in [0.2, 0.25) is 5.91 Å². The summed E-state index contributed by atoms with van der Waals surface area (Å²) in [6, 6.07) is 13.6. The van der Waals surface area contributed by atoms with Crippen LogP contribution in [0.1, 0.15) is 10.5 Å². The summed E-state index contributed by atoms with van der Waals surface area (Å²) in [4.78, 5) is 40.5. The number of nitrogens with zero attached hydrogens (tertiary/aromatic N) is 3. The molecule has 0 bridgehead atoms. The highest BCUT2D eigenvalue weighted by atomic mass is 32.1. The van der Waals surface area contributed by atoms with Gasteiger partial charge in [-0.1, -0.05) is 41.7 Å². The average Bonchev–Trinajstić information content (AvgIpc) is 3.06. The van der Waals surface area contributed by atoms with Gasteiger partial charge >= 0.3 is 0 Å². The zero-order chi connectivity index (χ0) is 19.0. The third kappa shape index (κ3) is 3.15. The average molecular weight is 379 g/mol. The van der Waals surface area contributed by atoms with E-state index >= 15 is 0 Å². The normalized spacial score (nSPS) is 11.0. The Hall–Kier alpha value is -3.59. The first-order chi connectivity index (χ1) is 13.0. The van der Waals surface area contributed by atoms with Crippen molar-refractivity contribution in [1.29, 1.82) is 0 Å². The van der Waals surface area contributed by atoms with Crippen LogP contribution in [0.2, 0.25) is 0 Å².